The Bertz CT molecular complexity index is 446. The van der Waals surface area contributed by atoms with Gasteiger partial charge in [0.1, 0.15) is 0 Å². The largest absolute Gasteiger partial charge is 0.461 e. The Morgan fingerprint density at radius 1 is 1.41 bits per heavy atom. The van der Waals surface area contributed by atoms with Gasteiger partial charge in [0.15, 0.2) is 0 Å². The summed E-state index contributed by atoms with van der Waals surface area (Å²) in [6.07, 6.45) is 0. The maximum atomic E-state index is 13.4. The molecule has 0 aliphatic carbocycles. The van der Waals surface area contributed by atoms with Crippen LogP contribution in [0.5, 0.6) is 0 Å². The van der Waals surface area contributed by atoms with Gasteiger partial charge in [-0.1, -0.05) is 28.1 Å². The molecular weight excluding hydrogens is 298 g/mol. The minimum atomic E-state index is -4.16. The molecule has 0 heterocycles. The van der Waals surface area contributed by atoms with Crippen LogP contribution in [-0.4, -0.2) is 24.3 Å². The van der Waals surface area contributed by atoms with Crippen LogP contribution in [0.2, 0.25) is 0 Å². The highest BCUT2D eigenvalue weighted by Gasteiger charge is 2.49. The Morgan fingerprint density at radius 2 is 2.06 bits per heavy atom. The third-order valence-corrected chi connectivity index (χ3v) is 2.40. The van der Waals surface area contributed by atoms with Gasteiger partial charge in [-0.2, -0.15) is 8.78 Å². The van der Waals surface area contributed by atoms with E-state index in [0.29, 0.717) is 4.47 Å². The summed E-state index contributed by atoms with van der Waals surface area (Å²) in [4.78, 5) is 22.4. The molecule has 0 bridgehead atoms. The van der Waals surface area contributed by atoms with Gasteiger partial charge in [0, 0.05) is 10.0 Å². The Hall–Kier alpha value is -1.30. The summed E-state index contributed by atoms with van der Waals surface area (Å²) in [6.45, 7) is 1.18. The molecule has 0 aliphatic rings. The predicted molar refractivity (Wildman–Crippen MR) is 60.1 cm³/mol. The maximum Gasteiger partial charge on any atom is 0.404 e. The molecule has 92 valence electrons. The van der Waals surface area contributed by atoms with Crippen molar-refractivity contribution in [2.75, 3.05) is 6.61 Å². The van der Waals surface area contributed by atoms with Crippen LogP contribution in [0.1, 0.15) is 17.3 Å². The summed E-state index contributed by atoms with van der Waals surface area (Å²) in [5, 5.41) is 0. The lowest BCUT2D eigenvalue weighted by Crippen LogP contribution is -2.39. The molecule has 0 radical (unpaired) electrons. The molecule has 1 rings (SSSR count). The van der Waals surface area contributed by atoms with Crippen LogP contribution >= 0.6 is 15.9 Å². The SMILES string of the molecule is CCOC(=O)C(F)(F)C(=O)c1cccc(Br)c1. The Balaban J connectivity index is 3.00. The number of halogens is 3. The number of ether oxygens (including phenoxy) is 1. The highest BCUT2D eigenvalue weighted by molar-refractivity contribution is 9.10. The number of Topliss-reactive ketones (excluding diaryl/α,β-unsaturated/α-hetero) is 1. The first kappa shape index (κ1) is 13.8. The number of esters is 1. The van der Waals surface area contributed by atoms with Crippen LogP contribution in [-0.2, 0) is 9.53 Å². The van der Waals surface area contributed by atoms with E-state index in [1.165, 1.54) is 25.1 Å². The average Bonchev–Trinajstić information content (AvgIpc) is 2.28. The molecule has 6 heteroatoms. The van der Waals surface area contributed by atoms with Crippen molar-refractivity contribution in [3.63, 3.8) is 0 Å². The van der Waals surface area contributed by atoms with Crippen LogP contribution in [0.3, 0.4) is 0 Å². The smallest absolute Gasteiger partial charge is 0.404 e. The second-order valence-electron chi connectivity index (χ2n) is 3.13. The first-order valence-electron chi connectivity index (χ1n) is 4.75. The zero-order valence-electron chi connectivity index (χ0n) is 8.88. The second-order valence-corrected chi connectivity index (χ2v) is 4.05. The van der Waals surface area contributed by atoms with Gasteiger partial charge in [-0.25, -0.2) is 4.79 Å². The van der Waals surface area contributed by atoms with E-state index in [1.807, 2.05) is 0 Å². The maximum absolute atomic E-state index is 13.4. The lowest BCUT2D eigenvalue weighted by atomic mass is 10.1. The summed E-state index contributed by atoms with van der Waals surface area (Å²) in [6, 6.07) is 5.44. The third kappa shape index (κ3) is 3.09. The summed E-state index contributed by atoms with van der Waals surface area (Å²) in [7, 11) is 0. The molecule has 0 saturated carbocycles. The zero-order chi connectivity index (χ0) is 13.1. The van der Waals surface area contributed by atoms with Gasteiger partial charge in [0.2, 0.25) is 5.78 Å². The van der Waals surface area contributed by atoms with Crippen molar-refractivity contribution in [2.45, 2.75) is 12.8 Å². The number of carbonyl (C=O) groups is 2. The highest BCUT2D eigenvalue weighted by Crippen LogP contribution is 2.23. The number of benzene rings is 1. The Labute approximate surface area is 105 Å². The highest BCUT2D eigenvalue weighted by atomic mass is 79.9. The van der Waals surface area contributed by atoms with Crippen molar-refractivity contribution >= 4 is 27.7 Å². The van der Waals surface area contributed by atoms with Gasteiger partial charge >= 0.3 is 11.9 Å². The van der Waals surface area contributed by atoms with E-state index in [-0.39, 0.29) is 12.2 Å². The van der Waals surface area contributed by atoms with Gasteiger partial charge in [0.05, 0.1) is 6.61 Å². The van der Waals surface area contributed by atoms with Crippen LogP contribution in [0, 0.1) is 0 Å². The molecule has 0 atom stereocenters. The monoisotopic (exact) mass is 306 g/mol. The van der Waals surface area contributed by atoms with E-state index in [1.54, 1.807) is 6.07 Å². The molecular formula is C11H9BrF2O3. The molecule has 0 N–H and O–H groups in total. The second kappa shape index (κ2) is 5.35. The van der Waals surface area contributed by atoms with Crippen molar-refractivity contribution in [1.29, 1.82) is 0 Å². The van der Waals surface area contributed by atoms with Crippen LogP contribution in [0.15, 0.2) is 28.7 Å². The van der Waals surface area contributed by atoms with Crippen LogP contribution in [0.4, 0.5) is 8.78 Å². The van der Waals surface area contributed by atoms with Gasteiger partial charge in [-0.3, -0.25) is 4.79 Å². The number of ketones is 1. The fraction of sp³-hybridized carbons (Fsp3) is 0.273. The van der Waals surface area contributed by atoms with Crippen molar-refractivity contribution in [3.8, 4) is 0 Å². The molecule has 0 amide bonds. The molecule has 1 aromatic rings. The van der Waals surface area contributed by atoms with Crippen LogP contribution < -0.4 is 0 Å². The Morgan fingerprint density at radius 3 is 2.59 bits per heavy atom. The van der Waals surface area contributed by atoms with Crippen molar-refractivity contribution in [3.05, 3.63) is 34.3 Å². The normalized spacial score (nSPS) is 11.1. The van der Waals surface area contributed by atoms with E-state index in [9.17, 15) is 18.4 Å². The van der Waals surface area contributed by atoms with E-state index in [4.69, 9.17) is 0 Å². The number of hydrogen-bond acceptors (Lipinski definition) is 3. The van der Waals surface area contributed by atoms with Crippen LogP contribution in [0.25, 0.3) is 0 Å². The predicted octanol–water partition coefficient (Wildman–Crippen LogP) is 2.83. The number of hydrogen-bond donors (Lipinski definition) is 0. The van der Waals surface area contributed by atoms with Crippen molar-refractivity contribution < 1.29 is 23.1 Å². The molecule has 0 spiro atoms. The minimum absolute atomic E-state index is 0.208. The topological polar surface area (TPSA) is 43.4 Å². The quantitative estimate of drug-likeness (QED) is 0.488. The molecule has 17 heavy (non-hydrogen) atoms. The van der Waals surface area contributed by atoms with E-state index >= 15 is 0 Å². The fourth-order valence-electron chi connectivity index (χ4n) is 1.13. The van der Waals surface area contributed by atoms with Gasteiger partial charge < -0.3 is 4.74 Å². The van der Waals surface area contributed by atoms with E-state index in [0.717, 1.165) is 0 Å². The zero-order valence-corrected chi connectivity index (χ0v) is 10.5. The van der Waals surface area contributed by atoms with Gasteiger partial charge in [-0.15, -0.1) is 0 Å². The third-order valence-electron chi connectivity index (χ3n) is 1.90. The van der Waals surface area contributed by atoms with Crippen molar-refractivity contribution in [2.24, 2.45) is 0 Å². The van der Waals surface area contributed by atoms with E-state index < -0.39 is 17.7 Å². The first-order chi connectivity index (χ1) is 7.89. The van der Waals surface area contributed by atoms with E-state index in [2.05, 4.69) is 20.7 Å². The molecule has 0 unspecified atom stereocenters. The Kier molecular flexibility index (Phi) is 4.34. The first-order valence-corrected chi connectivity index (χ1v) is 5.54. The summed E-state index contributed by atoms with van der Waals surface area (Å²) < 4.78 is 31.4. The van der Waals surface area contributed by atoms with Gasteiger partial charge in [0.25, 0.3) is 0 Å². The number of alkyl halides is 2. The summed E-state index contributed by atoms with van der Waals surface area (Å²) in [5.74, 6) is -7.56. The lowest BCUT2D eigenvalue weighted by Gasteiger charge is -2.13. The minimum Gasteiger partial charge on any atom is -0.461 e. The summed E-state index contributed by atoms with van der Waals surface area (Å²) in [5.41, 5.74) is -0.252. The molecule has 0 saturated heterocycles. The molecule has 3 nitrogen and oxygen atoms in total. The molecule has 0 aliphatic heterocycles. The van der Waals surface area contributed by atoms with Crippen molar-refractivity contribution in [1.82, 2.24) is 0 Å². The number of rotatable bonds is 4. The number of carbonyl (C=O) groups excluding carboxylic acids is 2. The lowest BCUT2D eigenvalue weighted by molar-refractivity contribution is -0.164. The molecule has 0 fully saturated rings. The average molecular weight is 307 g/mol. The molecule has 1 aromatic carbocycles. The summed E-state index contributed by atoms with van der Waals surface area (Å²) >= 11 is 3.05. The molecule has 0 aromatic heterocycles. The van der Waals surface area contributed by atoms with Gasteiger partial charge in [-0.05, 0) is 19.1 Å². The fourth-order valence-corrected chi connectivity index (χ4v) is 1.52. The standard InChI is InChI=1S/C11H9BrF2O3/c1-2-17-10(16)11(13,14)9(15)7-4-3-5-8(12)6-7/h3-6H,2H2,1H3.